The van der Waals surface area contributed by atoms with Gasteiger partial charge in [0.2, 0.25) is 0 Å². The number of hydrogen-bond acceptors (Lipinski definition) is 1. The molecule has 0 aromatic carbocycles. The van der Waals surface area contributed by atoms with Crippen molar-refractivity contribution in [2.24, 2.45) is 0 Å². The van der Waals surface area contributed by atoms with E-state index in [9.17, 15) is 0 Å². The molecule has 0 spiro atoms. The largest absolute Gasteiger partial charge is 0.542 e. The third kappa shape index (κ3) is 74.8. The van der Waals surface area contributed by atoms with Gasteiger partial charge >= 0.3 is 8.67 Å². The van der Waals surface area contributed by atoms with Crippen LogP contribution in [0.5, 0.6) is 0 Å². The standard InChI is InChI=1S/C2H7N.Al.3BrH/c1-3-2;;;;/h3H,1-2H3;;3*1H/q;+3;;;/p-3. The molecular formula is C2H7AlBr3N. The predicted molar refractivity (Wildman–Crippen MR) is 47.5 cm³/mol. The van der Waals surface area contributed by atoms with Gasteiger partial charge in [0, 0.05) is 0 Å². The molecule has 0 radical (unpaired) electrons. The highest BCUT2D eigenvalue weighted by Gasteiger charge is 1.95. The Balaban J connectivity index is 0. The Bertz CT molecular complexity index is 24.1. The number of nitrogens with one attached hydrogen (secondary N) is 1. The SMILES string of the molecule is CNC.[Br][Al]([Br])[Br]. The molecule has 7 heavy (non-hydrogen) atoms. The molecule has 0 atom stereocenters. The molecule has 0 saturated carbocycles. The van der Waals surface area contributed by atoms with Crippen molar-refractivity contribution in [1.82, 2.24) is 5.32 Å². The maximum atomic E-state index is 3.24. The fourth-order valence-corrected chi connectivity index (χ4v) is 0. The topological polar surface area (TPSA) is 12.0 Å². The molecule has 0 bridgehead atoms. The molecular weight excluding hydrogens is 305 g/mol. The molecule has 0 rings (SSSR count). The van der Waals surface area contributed by atoms with Gasteiger partial charge in [-0.1, -0.05) is 0 Å². The maximum Gasteiger partial charge on any atom is 0.542 e. The summed E-state index contributed by atoms with van der Waals surface area (Å²) in [6.45, 7) is 0. The van der Waals surface area contributed by atoms with Crippen molar-refractivity contribution in [1.29, 1.82) is 0 Å². The van der Waals surface area contributed by atoms with Gasteiger partial charge in [-0.2, -0.15) is 42.2 Å². The van der Waals surface area contributed by atoms with Gasteiger partial charge in [-0.25, -0.2) is 0 Å². The second-order valence-electron chi connectivity index (χ2n) is 0.747. The van der Waals surface area contributed by atoms with Crippen LogP contribution in [0.2, 0.25) is 0 Å². The number of rotatable bonds is 0. The molecule has 44 valence electrons. The van der Waals surface area contributed by atoms with E-state index in [1.165, 1.54) is 0 Å². The summed E-state index contributed by atoms with van der Waals surface area (Å²) in [4.78, 5) is 0. The minimum absolute atomic E-state index is 0.701. The summed E-state index contributed by atoms with van der Waals surface area (Å²) in [5.74, 6) is 0. The Kier molecular flexibility index (Phi) is 18.1. The molecule has 0 aromatic heterocycles. The van der Waals surface area contributed by atoms with E-state index in [4.69, 9.17) is 0 Å². The third-order valence-electron chi connectivity index (χ3n) is 0. The Labute approximate surface area is 69.6 Å². The van der Waals surface area contributed by atoms with E-state index in [0.29, 0.717) is 0 Å². The zero-order chi connectivity index (χ0) is 6.28. The smallest absolute Gasteiger partial charge is 0.323 e. The highest BCUT2D eigenvalue weighted by atomic mass is 80.0. The number of halogens is 3. The first-order valence-electron chi connectivity index (χ1n) is 1.65. The summed E-state index contributed by atoms with van der Waals surface area (Å²) in [6, 6.07) is 0. The minimum atomic E-state index is -0.701. The van der Waals surface area contributed by atoms with Crippen molar-refractivity contribution in [3.8, 4) is 0 Å². The van der Waals surface area contributed by atoms with E-state index in [0.717, 1.165) is 0 Å². The quantitative estimate of drug-likeness (QED) is 0.675. The van der Waals surface area contributed by atoms with Gasteiger partial charge in [-0.3, -0.25) is 0 Å². The lowest BCUT2D eigenvalue weighted by Gasteiger charge is -1.59. The maximum absolute atomic E-state index is 3.24. The van der Waals surface area contributed by atoms with Crippen LogP contribution in [0, 0.1) is 0 Å². The van der Waals surface area contributed by atoms with Crippen molar-refractivity contribution in [2.45, 2.75) is 0 Å². The predicted octanol–water partition coefficient (Wildman–Crippen LogP) is 1.99. The van der Waals surface area contributed by atoms with Gasteiger partial charge in [0.05, 0.1) is 0 Å². The summed E-state index contributed by atoms with van der Waals surface area (Å²) in [5.41, 5.74) is 0. The first kappa shape index (κ1) is 11.7. The summed E-state index contributed by atoms with van der Waals surface area (Å²) in [5, 5.41) is 2.75. The highest BCUT2D eigenvalue weighted by Crippen LogP contribution is 2.07. The molecule has 1 nitrogen and oxygen atoms in total. The first-order chi connectivity index (χ1) is 3.15. The fourth-order valence-electron chi connectivity index (χ4n) is 0. The van der Waals surface area contributed by atoms with Crippen LogP contribution in [0.1, 0.15) is 0 Å². The van der Waals surface area contributed by atoms with E-state index >= 15 is 0 Å². The van der Waals surface area contributed by atoms with Crippen LogP contribution in [-0.2, 0) is 0 Å². The average molecular weight is 312 g/mol. The molecule has 0 aliphatic heterocycles. The van der Waals surface area contributed by atoms with Crippen LogP contribution in [0.25, 0.3) is 0 Å². The van der Waals surface area contributed by atoms with Crippen LogP contribution in [0.3, 0.4) is 0 Å². The summed E-state index contributed by atoms with van der Waals surface area (Å²) >= 11 is 9.73. The molecule has 0 amide bonds. The van der Waals surface area contributed by atoms with E-state index in [1.807, 2.05) is 14.1 Å². The zero-order valence-electron chi connectivity index (χ0n) is 4.21. The molecule has 0 aliphatic rings. The van der Waals surface area contributed by atoms with E-state index < -0.39 is 8.67 Å². The second-order valence-corrected chi connectivity index (χ2v) is 20.5. The molecule has 5 heteroatoms. The van der Waals surface area contributed by atoms with Crippen LogP contribution in [0.15, 0.2) is 0 Å². The van der Waals surface area contributed by atoms with Gasteiger partial charge in [0.15, 0.2) is 0 Å². The second kappa shape index (κ2) is 10.8. The van der Waals surface area contributed by atoms with Crippen molar-refractivity contribution in [3.05, 3.63) is 0 Å². The lowest BCUT2D eigenvalue weighted by Crippen LogP contribution is -1.89. The molecule has 0 saturated heterocycles. The van der Waals surface area contributed by atoms with Gasteiger partial charge in [-0.15, -0.1) is 0 Å². The van der Waals surface area contributed by atoms with Gasteiger partial charge < -0.3 is 5.32 Å². The number of hydrogen-bond donors (Lipinski definition) is 1. The fraction of sp³-hybridized carbons (Fsp3) is 1.00. The van der Waals surface area contributed by atoms with Crippen LogP contribution >= 0.6 is 42.2 Å². The summed E-state index contributed by atoms with van der Waals surface area (Å²) in [7, 11) is 3.05. The summed E-state index contributed by atoms with van der Waals surface area (Å²) in [6.07, 6.45) is 0. The van der Waals surface area contributed by atoms with Gasteiger partial charge in [0.1, 0.15) is 0 Å². The van der Waals surface area contributed by atoms with Crippen LogP contribution in [-0.4, -0.2) is 22.8 Å². The van der Waals surface area contributed by atoms with Gasteiger partial charge in [-0.05, 0) is 14.1 Å². The van der Waals surface area contributed by atoms with Gasteiger partial charge in [0.25, 0.3) is 0 Å². The average Bonchev–Trinajstić information content (AvgIpc) is 1.33. The Morgan fingerprint density at radius 2 is 1.14 bits per heavy atom. The molecule has 0 aliphatic carbocycles. The molecule has 0 fully saturated rings. The normalized spacial score (nSPS) is 6.43. The lowest BCUT2D eigenvalue weighted by atomic mass is 11.3. The Morgan fingerprint density at radius 3 is 1.14 bits per heavy atom. The Hall–Kier alpha value is 1.93. The molecule has 0 unspecified atom stereocenters. The monoisotopic (exact) mass is 309 g/mol. The van der Waals surface area contributed by atoms with Crippen LogP contribution < -0.4 is 5.32 Å². The molecule has 0 aromatic rings. The minimum Gasteiger partial charge on any atom is -0.323 e. The highest BCUT2D eigenvalue weighted by molar-refractivity contribution is 9.69. The van der Waals surface area contributed by atoms with E-state index in [2.05, 4.69) is 47.5 Å². The first-order valence-corrected chi connectivity index (χ1v) is 11.2. The van der Waals surface area contributed by atoms with E-state index in [-0.39, 0.29) is 0 Å². The van der Waals surface area contributed by atoms with Crippen molar-refractivity contribution in [2.75, 3.05) is 14.1 Å². The van der Waals surface area contributed by atoms with Crippen LogP contribution in [0.4, 0.5) is 0 Å². The van der Waals surface area contributed by atoms with Crippen molar-refractivity contribution < 1.29 is 0 Å². The van der Waals surface area contributed by atoms with Crippen molar-refractivity contribution >= 4 is 50.8 Å². The molecule has 0 heterocycles. The lowest BCUT2D eigenvalue weighted by molar-refractivity contribution is 1.02. The zero-order valence-corrected chi connectivity index (χ0v) is 10.1. The van der Waals surface area contributed by atoms with E-state index in [1.54, 1.807) is 0 Å². The summed E-state index contributed by atoms with van der Waals surface area (Å²) < 4.78 is 0. The molecule has 1 N–H and O–H groups in total. The van der Waals surface area contributed by atoms with Crippen molar-refractivity contribution in [3.63, 3.8) is 0 Å². The third-order valence-corrected chi connectivity index (χ3v) is 0. The Morgan fingerprint density at radius 1 is 1.14 bits per heavy atom.